The van der Waals surface area contributed by atoms with Gasteiger partial charge in [0, 0.05) is 26.6 Å². The minimum atomic E-state index is -0.976. The van der Waals surface area contributed by atoms with Gasteiger partial charge in [0.05, 0.1) is 12.5 Å². The zero-order valence-corrected chi connectivity index (χ0v) is 13.2. The topological polar surface area (TPSA) is 66.8 Å². The van der Waals surface area contributed by atoms with Crippen molar-refractivity contribution in [2.75, 3.05) is 20.2 Å². The first kappa shape index (κ1) is 17.4. The molecule has 1 N–H and O–H groups in total. The summed E-state index contributed by atoms with van der Waals surface area (Å²) in [6.07, 6.45) is 0.959. The van der Waals surface area contributed by atoms with E-state index in [0.717, 1.165) is 0 Å². The number of halogens is 1. The Balaban J connectivity index is 1.95. The number of rotatable bonds is 6. The third kappa shape index (κ3) is 4.76. The molecule has 1 amide bonds. The van der Waals surface area contributed by atoms with Crippen molar-refractivity contribution in [1.29, 1.82) is 0 Å². The zero-order valence-electron chi connectivity index (χ0n) is 13.2. The van der Waals surface area contributed by atoms with Crippen molar-refractivity contribution in [1.82, 2.24) is 4.90 Å². The molecular formula is C17H22FNO4. The summed E-state index contributed by atoms with van der Waals surface area (Å²) in [6, 6.07) is 6.69. The highest BCUT2D eigenvalue weighted by molar-refractivity contribution is 5.80. The minimum absolute atomic E-state index is 0.00372. The number of methoxy groups -OCH3 is 1. The maximum atomic E-state index is 13.8. The number of carboxylic acids is 1. The molecule has 1 aromatic rings. The van der Waals surface area contributed by atoms with Gasteiger partial charge < -0.3 is 14.7 Å². The Morgan fingerprint density at radius 3 is 2.74 bits per heavy atom. The van der Waals surface area contributed by atoms with Gasteiger partial charge in [-0.05, 0) is 30.4 Å². The van der Waals surface area contributed by atoms with Gasteiger partial charge in [0.25, 0.3) is 0 Å². The van der Waals surface area contributed by atoms with E-state index in [1.807, 2.05) is 6.07 Å². The molecule has 1 aromatic carbocycles. The lowest BCUT2D eigenvalue weighted by Gasteiger charge is -2.38. The molecule has 0 aliphatic carbocycles. The molecule has 0 bridgehead atoms. The zero-order chi connectivity index (χ0) is 16.8. The van der Waals surface area contributed by atoms with Crippen molar-refractivity contribution >= 4 is 11.9 Å². The van der Waals surface area contributed by atoms with Gasteiger partial charge in [0.1, 0.15) is 5.82 Å². The summed E-state index contributed by atoms with van der Waals surface area (Å²) < 4.78 is 19.3. The second-order valence-electron chi connectivity index (χ2n) is 5.85. The van der Waals surface area contributed by atoms with Gasteiger partial charge in [-0.2, -0.15) is 0 Å². The molecule has 0 spiro atoms. The summed E-state index contributed by atoms with van der Waals surface area (Å²) >= 11 is 0. The van der Waals surface area contributed by atoms with Crippen LogP contribution < -0.4 is 0 Å². The number of piperidine rings is 1. The molecule has 1 fully saturated rings. The van der Waals surface area contributed by atoms with Crippen molar-refractivity contribution in [3.05, 3.63) is 35.6 Å². The van der Waals surface area contributed by atoms with E-state index in [1.54, 1.807) is 24.1 Å². The molecule has 5 nitrogen and oxygen atoms in total. The Morgan fingerprint density at radius 2 is 2.09 bits per heavy atom. The predicted octanol–water partition coefficient (Wildman–Crippen LogP) is 2.10. The van der Waals surface area contributed by atoms with Crippen LogP contribution in [0.25, 0.3) is 0 Å². The van der Waals surface area contributed by atoms with Gasteiger partial charge in [0.15, 0.2) is 0 Å². The number of carbonyl (C=O) groups excluding carboxylic acids is 1. The number of amides is 1. The average molecular weight is 323 g/mol. The number of likely N-dealkylation sites (tertiary alicyclic amines) is 1. The fourth-order valence-corrected chi connectivity index (χ4v) is 3.01. The lowest BCUT2D eigenvalue weighted by Crippen LogP contribution is -2.48. The van der Waals surface area contributed by atoms with Crippen LogP contribution in [0.5, 0.6) is 0 Å². The third-order valence-corrected chi connectivity index (χ3v) is 4.34. The Morgan fingerprint density at radius 1 is 1.35 bits per heavy atom. The van der Waals surface area contributed by atoms with Crippen LogP contribution in [0.3, 0.4) is 0 Å². The van der Waals surface area contributed by atoms with E-state index in [0.29, 0.717) is 31.5 Å². The van der Waals surface area contributed by atoms with Crippen molar-refractivity contribution in [3.8, 4) is 0 Å². The van der Waals surface area contributed by atoms with Crippen LogP contribution in [0.2, 0.25) is 0 Å². The molecule has 1 aliphatic rings. The van der Waals surface area contributed by atoms with E-state index < -0.39 is 5.97 Å². The normalized spacial score (nSPS) is 21.2. The first-order valence-corrected chi connectivity index (χ1v) is 7.77. The molecule has 126 valence electrons. The number of hydrogen-bond donors (Lipinski definition) is 1. The lowest BCUT2D eigenvalue weighted by molar-refractivity contribution is -0.142. The molecule has 6 heteroatoms. The van der Waals surface area contributed by atoms with E-state index in [-0.39, 0.29) is 36.6 Å². The van der Waals surface area contributed by atoms with Gasteiger partial charge in [-0.25, -0.2) is 4.39 Å². The SMILES string of the molecule is CO[C@H]1CN(C(=O)CCC(=O)O)CC[C@@H]1Cc1ccccc1F. The standard InChI is InChI=1S/C17H22FNO4/c1-23-15-11-19(16(20)6-7-17(21)22)9-8-13(15)10-12-4-2-3-5-14(12)18/h2-5,13,15H,6-11H2,1H3,(H,21,22)/t13-,15+/m1/s1. The lowest BCUT2D eigenvalue weighted by atomic mass is 9.87. The van der Waals surface area contributed by atoms with E-state index in [4.69, 9.17) is 9.84 Å². The summed E-state index contributed by atoms with van der Waals surface area (Å²) in [7, 11) is 1.59. The largest absolute Gasteiger partial charge is 0.481 e. The quantitative estimate of drug-likeness (QED) is 0.870. The van der Waals surface area contributed by atoms with Gasteiger partial charge in [-0.15, -0.1) is 0 Å². The molecule has 1 saturated heterocycles. The van der Waals surface area contributed by atoms with Crippen LogP contribution in [0.15, 0.2) is 24.3 Å². The fraction of sp³-hybridized carbons (Fsp3) is 0.529. The number of benzene rings is 1. The summed E-state index contributed by atoms with van der Waals surface area (Å²) in [4.78, 5) is 24.2. The summed E-state index contributed by atoms with van der Waals surface area (Å²) in [6.45, 7) is 0.978. The summed E-state index contributed by atoms with van der Waals surface area (Å²) in [5.41, 5.74) is 0.658. The first-order chi connectivity index (χ1) is 11.0. The number of carbonyl (C=O) groups is 2. The second-order valence-corrected chi connectivity index (χ2v) is 5.85. The average Bonchev–Trinajstić information content (AvgIpc) is 2.55. The van der Waals surface area contributed by atoms with Gasteiger partial charge in [-0.1, -0.05) is 18.2 Å². The smallest absolute Gasteiger partial charge is 0.303 e. The highest BCUT2D eigenvalue weighted by Crippen LogP contribution is 2.25. The van der Waals surface area contributed by atoms with Crippen LogP contribution in [-0.2, 0) is 20.7 Å². The Labute approximate surface area is 135 Å². The highest BCUT2D eigenvalue weighted by atomic mass is 19.1. The molecule has 0 radical (unpaired) electrons. The Hall–Kier alpha value is -1.95. The van der Waals surface area contributed by atoms with Crippen LogP contribution in [0.4, 0.5) is 4.39 Å². The van der Waals surface area contributed by atoms with Crippen LogP contribution >= 0.6 is 0 Å². The van der Waals surface area contributed by atoms with E-state index in [9.17, 15) is 14.0 Å². The van der Waals surface area contributed by atoms with Gasteiger partial charge in [0.2, 0.25) is 5.91 Å². The molecule has 0 unspecified atom stereocenters. The van der Waals surface area contributed by atoms with Gasteiger partial charge >= 0.3 is 5.97 Å². The molecule has 1 heterocycles. The van der Waals surface area contributed by atoms with E-state index in [1.165, 1.54) is 6.07 Å². The van der Waals surface area contributed by atoms with Crippen molar-refractivity contribution < 1.29 is 23.8 Å². The number of carboxylic acid groups (broad SMARTS) is 1. The van der Waals surface area contributed by atoms with Crippen LogP contribution in [0.1, 0.15) is 24.8 Å². The van der Waals surface area contributed by atoms with E-state index >= 15 is 0 Å². The highest BCUT2D eigenvalue weighted by Gasteiger charge is 2.32. The maximum absolute atomic E-state index is 13.8. The predicted molar refractivity (Wildman–Crippen MR) is 82.5 cm³/mol. The Bertz CT molecular complexity index is 563. The number of ether oxygens (including phenoxy) is 1. The monoisotopic (exact) mass is 323 g/mol. The van der Waals surface area contributed by atoms with Gasteiger partial charge in [-0.3, -0.25) is 9.59 Å². The molecule has 2 atom stereocenters. The molecule has 2 rings (SSSR count). The van der Waals surface area contributed by atoms with E-state index in [2.05, 4.69) is 0 Å². The second kappa shape index (κ2) is 8.06. The number of nitrogens with zero attached hydrogens (tertiary/aromatic N) is 1. The first-order valence-electron chi connectivity index (χ1n) is 7.77. The van der Waals surface area contributed by atoms with Crippen LogP contribution in [0, 0.1) is 11.7 Å². The minimum Gasteiger partial charge on any atom is -0.481 e. The summed E-state index contributed by atoms with van der Waals surface area (Å²) in [5, 5.41) is 8.66. The molecular weight excluding hydrogens is 301 g/mol. The third-order valence-electron chi connectivity index (χ3n) is 4.34. The molecule has 1 aliphatic heterocycles. The maximum Gasteiger partial charge on any atom is 0.303 e. The number of hydrogen-bond acceptors (Lipinski definition) is 3. The molecule has 0 aromatic heterocycles. The fourth-order valence-electron chi connectivity index (χ4n) is 3.01. The van der Waals surface area contributed by atoms with Crippen LogP contribution in [-0.4, -0.2) is 48.2 Å². The Kier molecular flexibility index (Phi) is 6.10. The number of aliphatic carboxylic acids is 1. The summed E-state index contributed by atoms with van der Waals surface area (Å²) in [5.74, 6) is -1.22. The van der Waals surface area contributed by atoms with Crippen molar-refractivity contribution in [3.63, 3.8) is 0 Å². The van der Waals surface area contributed by atoms with Crippen molar-refractivity contribution in [2.45, 2.75) is 31.8 Å². The molecule has 0 saturated carbocycles. The molecule has 23 heavy (non-hydrogen) atoms. The van der Waals surface area contributed by atoms with Crippen molar-refractivity contribution in [2.24, 2.45) is 5.92 Å².